The van der Waals surface area contributed by atoms with E-state index in [0.717, 1.165) is 11.8 Å². The minimum absolute atomic E-state index is 1.01. The Hall–Kier alpha value is 0. The Kier molecular flexibility index (Phi) is 20.3. The smallest absolute Gasteiger partial charge is 0.0412 e. The third kappa shape index (κ3) is 17.2. The summed E-state index contributed by atoms with van der Waals surface area (Å²) < 4.78 is 0. The molecule has 0 saturated heterocycles. The summed E-state index contributed by atoms with van der Waals surface area (Å²) in [4.78, 5) is 0. The highest BCUT2D eigenvalue weighted by Gasteiger charge is 2.15. The van der Waals surface area contributed by atoms with E-state index in [4.69, 9.17) is 0 Å². The van der Waals surface area contributed by atoms with E-state index in [1.54, 1.807) is 0 Å². The van der Waals surface area contributed by atoms with Crippen LogP contribution in [0.25, 0.3) is 0 Å². The number of unbranched alkanes of at least 4 members (excludes halogenated alkanes) is 11. The molecule has 2 unspecified atom stereocenters. The zero-order valence-corrected chi connectivity index (χ0v) is 18.6. The summed E-state index contributed by atoms with van der Waals surface area (Å²) in [7, 11) is 0. The molecule has 0 aliphatic rings. The molecule has 0 aromatic carbocycles. The van der Waals surface area contributed by atoms with Crippen LogP contribution in [-0.4, -0.2) is 0 Å². The minimum atomic E-state index is 1.01. The van der Waals surface area contributed by atoms with E-state index in [9.17, 15) is 0 Å². The van der Waals surface area contributed by atoms with Crippen molar-refractivity contribution in [1.82, 2.24) is 0 Å². The van der Waals surface area contributed by atoms with Gasteiger partial charge in [0, 0.05) is 0 Å². The van der Waals surface area contributed by atoms with Crippen molar-refractivity contribution in [3.63, 3.8) is 0 Å². The molecule has 2 atom stereocenters. The van der Waals surface area contributed by atoms with Crippen LogP contribution in [0.15, 0.2) is 0 Å². The highest BCUT2D eigenvalue weighted by molar-refractivity contribution is 4.67. The van der Waals surface area contributed by atoms with E-state index >= 15 is 0 Å². The van der Waals surface area contributed by atoms with Gasteiger partial charge in [-0.15, -0.1) is 0 Å². The zero-order chi connectivity index (χ0) is 18.6. The van der Waals surface area contributed by atoms with Gasteiger partial charge in [-0.1, -0.05) is 143 Å². The number of hydrogen-bond donors (Lipinski definition) is 0. The van der Waals surface area contributed by atoms with Crippen LogP contribution in [0.2, 0.25) is 0 Å². The van der Waals surface area contributed by atoms with Crippen LogP contribution in [0, 0.1) is 11.8 Å². The Balaban J connectivity index is 4.05. The van der Waals surface area contributed by atoms with Crippen LogP contribution < -0.4 is 0 Å². The van der Waals surface area contributed by atoms with Crippen molar-refractivity contribution in [1.29, 1.82) is 0 Å². The molecule has 0 bridgehead atoms. The molecule has 0 heterocycles. The lowest BCUT2D eigenvalue weighted by Crippen LogP contribution is -2.09. The van der Waals surface area contributed by atoms with Crippen molar-refractivity contribution in [3.05, 3.63) is 0 Å². The Morgan fingerprint density at radius 1 is 0.400 bits per heavy atom. The largest absolute Gasteiger partial charge is 0.0654 e. The molecule has 0 heteroatoms. The summed E-state index contributed by atoms with van der Waals surface area (Å²) in [6.45, 7) is 9.41. The minimum Gasteiger partial charge on any atom is -0.0654 e. The average molecular weight is 353 g/mol. The van der Waals surface area contributed by atoms with Gasteiger partial charge in [-0.3, -0.25) is 0 Å². The monoisotopic (exact) mass is 352 g/mol. The molecule has 25 heavy (non-hydrogen) atoms. The highest BCUT2D eigenvalue weighted by Crippen LogP contribution is 2.29. The topological polar surface area (TPSA) is 0 Å². The van der Waals surface area contributed by atoms with E-state index in [1.165, 1.54) is 122 Å². The molecule has 0 aliphatic heterocycles. The van der Waals surface area contributed by atoms with Crippen molar-refractivity contribution >= 4 is 0 Å². The summed E-state index contributed by atoms with van der Waals surface area (Å²) in [5.74, 6) is 2.03. The van der Waals surface area contributed by atoms with Crippen LogP contribution in [0.1, 0.15) is 150 Å². The van der Waals surface area contributed by atoms with Gasteiger partial charge in [-0.2, -0.15) is 0 Å². The average Bonchev–Trinajstić information content (AvgIpc) is 2.63. The van der Waals surface area contributed by atoms with Crippen molar-refractivity contribution < 1.29 is 0 Å². The summed E-state index contributed by atoms with van der Waals surface area (Å²) in [5, 5.41) is 0. The highest BCUT2D eigenvalue weighted by atomic mass is 14.2. The molecule has 0 spiro atoms. The Morgan fingerprint density at radius 3 is 1.24 bits per heavy atom. The van der Waals surface area contributed by atoms with Gasteiger partial charge in [0.2, 0.25) is 0 Å². The quantitative estimate of drug-likeness (QED) is 0.191. The van der Waals surface area contributed by atoms with Gasteiger partial charge >= 0.3 is 0 Å². The molecular weight excluding hydrogens is 300 g/mol. The molecule has 0 saturated carbocycles. The van der Waals surface area contributed by atoms with Crippen LogP contribution in [0.3, 0.4) is 0 Å². The fraction of sp³-hybridized carbons (Fsp3) is 1.00. The molecule has 0 amide bonds. The van der Waals surface area contributed by atoms with Crippen LogP contribution in [-0.2, 0) is 0 Å². The number of hydrogen-bond acceptors (Lipinski definition) is 0. The molecule has 0 nitrogen and oxygen atoms in total. The molecule has 0 aliphatic carbocycles. The third-order valence-corrected chi connectivity index (χ3v) is 6.14. The molecule has 0 aromatic heterocycles. The second kappa shape index (κ2) is 20.3. The first kappa shape index (κ1) is 25.0. The van der Waals surface area contributed by atoms with Gasteiger partial charge in [0.25, 0.3) is 0 Å². The van der Waals surface area contributed by atoms with Crippen LogP contribution in [0.5, 0.6) is 0 Å². The van der Waals surface area contributed by atoms with E-state index in [0.29, 0.717) is 0 Å². The van der Waals surface area contributed by atoms with E-state index in [2.05, 4.69) is 27.7 Å². The van der Waals surface area contributed by atoms with E-state index in [-0.39, 0.29) is 0 Å². The van der Waals surface area contributed by atoms with Crippen molar-refractivity contribution in [3.8, 4) is 0 Å². The molecule has 0 rings (SSSR count). The maximum atomic E-state index is 2.44. The van der Waals surface area contributed by atoms with Crippen molar-refractivity contribution in [2.75, 3.05) is 0 Å². The van der Waals surface area contributed by atoms with Gasteiger partial charge in [-0.05, 0) is 18.3 Å². The summed E-state index contributed by atoms with van der Waals surface area (Å²) in [5.41, 5.74) is 0. The molecule has 0 aromatic rings. The van der Waals surface area contributed by atoms with Gasteiger partial charge in [0.1, 0.15) is 0 Å². The second-order valence-electron chi connectivity index (χ2n) is 8.63. The lowest BCUT2D eigenvalue weighted by Gasteiger charge is -2.23. The SMILES string of the molecule is CCCCCCCCC(CCCCC)CC(CC)CCCCCCC. The predicted molar refractivity (Wildman–Crippen MR) is 117 cm³/mol. The Morgan fingerprint density at radius 2 is 0.760 bits per heavy atom. The summed E-state index contributed by atoms with van der Waals surface area (Å²) >= 11 is 0. The standard InChI is InChI=1S/C25H52/c1-5-9-12-14-16-19-22-25(21-17-11-7-3)23-24(8-4)20-18-15-13-10-6-2/h24-25H,5-23H2,1-4H3. The van der Waals surface area contributed by atoms with Crippen LogP contribution in [0.4, 0.5) is 0 Å². The Bertz CT molecular complexity index is 232. The van der Waals surface area contributed by atoms with Gasteiger partial charge in [0.05, 0.1) is 0 Å². The third-order valence-electron chi connectivity index (χ3n) is 6.14. The first-order valence-electron chi connectivity index (χ1n) is 12.3. The van der Waals surface area contributed by atoms with E-state index in [1.807, 2.05) is 0 Å². The fourth-order valence-corrected chi connectivity index (χ4v) is 4.27. The normalized spacial score (nSPS) is 13.9. The molecule has 0 fully saturated rings. The maximum absolute atomic E-state index is 2.44. The van der Waals surface area contributed by atoms with Gasteiger partial charge in [0.15, 0.2) is 0 Å². The first-order chi connectivity index (χ1) is 12.3. The van der Waals surface area contributed by atoms with Crippen molar-refractivity contribution in [2.45, 2.75) is 150 Å². The molecule has 0 N–H and O–H groups in total. The first-order valence-corrected chi connectivity index (χ1v) is 12.3. The fourth-order valence-electron chi connectivity index (χ4n) is 4.27. The lowest BCUT2D eigenvalue weighted by molar-refractivity contribution is 0.294. The molecule has 0 radical (unpaired) electrons. The maximum Gasteiger partial charge on any atom is -0.0412 e. The number of rotatable bonds is 20. The second-order valence-corrected chi connectivity index (χ2v) is 8.63. The van der Waals surface area contributed by atoms with Crippen LogP contribution >= 0.6 is 0 Å². The van der Waals surface area contributed by atoms with Crippen molar-refractivity contribution in [2.24, 2.45) is 11.8 Å². The lowest BCUT2D eigenvalue weighted by atomic mass is 9.83. The van der Waals surface area contributed by atoms with Gasteiger partial charge < -0.3 is 0 Å². The molecular formula is C25H52. The predicted octanol–water partition coefficient (Wildman–Crippen LogP) is 9.71. The zero-order valence-electron chi connectivity index (χ0n) is 18.6. The Labute approximate surface area is 161 Å². The summed E-state index contributed by atoms with van der Waals surface area (Å²) in [6, 6.07) is 0. The molecule has 152 valence electrons. The van der Waals surface area contributed by atoms with E-state index < -0.39 is 0 Å². The van der Waals surface area contributed by atoms with Gasteiger partial charge in [-0.25, -0.2) is 0 Å². The summed E-state index contributed by atoms with van der Waals surface area (Å²) in [6.07, 6.45) is 27.7.